The van der Waals surface area contributed by atoms with Gasteiger partial charge in [0.05, 0.1) is 24.3 Å². The van der Waals surface area contributed by atoms with Crippen LogP contribution in [0.25, 0.3) is 27.6 Å². The lowest BCUT2D eigenvalue weighted by Crippen LogP contribution is -2.36. The Labute approximate surface area is 167 Å². The molecule has 0 radical (unpaired) electrons. The molecule has 1 aliphatic rings. The number of aryl methyl sites for hydroxylation is 1. The number of ether oxygens (including phenoxy) is 1. The number of benzene rings is 2. The van der Waals surface area contributed by atoms with Crippen molar-refractivity contribution in [2.75, 3.05) is 31.2 Å². The lowest BCUT2D eigenvalue weighted by molar-refractivity contribution is 0.100. The number of hydrogen-bond acceptors (Lipinski definition) is 5. The van der Waals surface area contributed by atoms with E-state index in [-0.39, 0.29) is 0 Å². The zero-order chi connectivity index (χ0) is 20.0. The number of imidazole rings is 1. The van der Waals surface area contributed by atoms with E-state index in [1.54, 1.807) is 0 Å². The van der Waals surface area contributed by atoms with Crippen LogP contribution >= 0.6 is 0 Å². The van der Waals surface area contributed by atoms with Crippen molar-refractivity contribution in [3.63, 3.8) is 0 Å². The highest BCUT2D eigenvalue weighted by Crippen LogP contribution is 2.30. The van der Waals surface area contributed by atoms with Gasteiger partial charge in [0, 0.05) is 30.4 Å². The highest BCUT2D eigenvalue weighted by Gasteiger charge is 2.21. The quantitative estimate of drug-likeness (QED) is 0.584. The average Bonchev–Trinajstić information content (AvgIpc) is 3.08. The molecule has 29 heavy (non-hydrogen) atoms. The third kappa shape index (κ3) is 3.00. The summed E-state index contributed by atoms with van der Waals surface area (Å²) >= 11 is 0. The van der Waals surface area contributed by atoms with Crippen LogP contribution in [0.5, 0.6) is 0 Å². The number of primary amides is 1. The molecular weight excluding hydrogens is 366 g/mol. The molecule has 2 aromatic carbocycles. The zero-order valence-corrected chi connectivity index (χ0v) is 16.1. The number of anilines is 1. The molecule has 0 atom stereocenters. The van der Waals surface area contributed by atoms with Crippen molar-refractivity contribution in [3.05, 3.63) is 60.0 Å². The summed E-state index contributed by atoms with van der Waals surface area (Å²) in [5, 5.41) is 2.17. The summed E-state index contributed by atoms with van der Waals surface area (Å²) < 4.78 is 7.45. The second kappa shape index (κ2) is 6.86. The van der Waals surface area contributed by atoms with Crippen molar-refractivity contribution < 1.29 is 9.53 Å². The molecule has 7 nitrogen and oxygen atoms in total. The minimum atomic E-state index is -0.485. The summed E-state index contributed by atoms with van der Waals surface area (Å²) in [4.78, 5) is 23.7. The first-order valence-electron chi connectivity index (χ1n) is 9.62. The average molecular weight is 387 g/mol. The van der Waals surface area contributed by atoms with Gasteiger partial charge in [0.1, 0.15) is 17.2 Å². The molecule has 1 aliphatic heterocycles. The van der Waals surface area contributed by atoms with E-state index in [1.165, 1.54) is 0 Å². The van der Waals surface area contributed by atoms with Crippen molar-refractivity contribution in [1.29, 1.82) is 0 Å². The van der Waals surface area contributed by atoms with E-state index in [1.807, 2.05) is 48.0 Å². The van der Waals surface area contributed by atoms with E-state index in [4.69, 9.17) is 10.5 Å². The second-order valence-corrected chi connectivity index (χ2v) is 7.21. The Bertz CT molecular complexity index is 1240. The molecule has 1 amide bonds. The van der Waals surface area contributed by atoms with Gasteiger partial charge in [0.2, 0.25) is 0 Å². The molecule has 5 rings (SSSR count). The molecule has 0 aliphatic carbocycles. The molecule has 146 valence electrons. The first-order chi connectivity index (χ1) is 14.1. The summed E-state index contributed by atoms with van der Waals surface area (Å²) in [6.45, 7) is 4.77. The fourth-order valence-corrected chi connectivity index (χ4v) is 3.95. The summed E-state index contributed by atoms with van der Waals surface area (Å²) in [5.74, 6) is 1.03. The third-order valence-electron chi connectivity index (χ3n) is 5.40. The minimum Gasteiger partial charge on any atom is -0.378 e. The molecule has 0 saturated carbocycles. The maximum Gasteiger partial charge on any atom is 0.251 e. The number of morpholine rings is 1. The smallest absolute Gasteiger partial charge is 0.251 e. The maximum atomic E-state index is 12.2. The Balaban J connectivity index is 1.75. The molecule has 2 aromatic heterocycles. The van der Waals surface area contributed by atoms with E-state index in [0.717, 1.165) is 46.7 Å². The molecule has 0 bridgehead atoms. The first-order valence-corrected chi connectivity index (χ1v) is 9.62. The Morgan fingerprint density at radius 2 is 1.86 bits per heavy atom. The first kappa shape index (κ1) is 17.6. The molecule has 7 heteroatoms. The van der Waals surface area contributed by atoms with Crippen molar-refractivity contribution >= 4 is 33.4 Å². The number of pyridine rings is 1. The number of hydrogen-bond donors (Lipinski definition) is 1. The second-order valence-electron chi connectivity index (χ2n) is 7.21. The summed E-state index contributed by atoms with van der Waals surface area (Å²) in [6, 6.07) is 14.0. The zero-order valence-electron chi connectivity index (χ0n) is 16.1. The number of aromatic nitrogens is 3. The van der Waals surface area contributed by atoms with Crippen molar-refractivity contribution in [2.24, 2.45) is 5.73 Å². The van der Waals surface area contributed by atoms with Crippen molar-refractivity contribution in [1.82, 2.24) is 14.5 Å². The Hall–Kier alpha value is -3.45. The normalized spacial score (nSPS) is 14.6. The van der Waals surface area contributed by atoms with Gasteiger partial charge in [-0.3, -0.25) is 9.36 Å². The van der Waals surface area contributed by atoms with Gasteiger partial charge >= 0.3 is 0 Å². The predicted molar refractivity (Wildman–Crippen MR) is 113 cm³/mol. The van der Waals surface area contributed by atoms with Crippen molar-refractivity contribution in [2.45, 2.75) is 6.92 Å². The molecule has 1 fully saturated rings. The molecule has 0 spiro atoms. The number of carbonyl (C=O) groups excluding carboxylic acids is 1. The summed E-state index contributed by atoms with van der Waals surface area (Å²) in [7, 11) is 0. The van der Waals surface area contributed by atoms with Gasteiger partial charge in [0.15, 0.2) is 0 Å². The number of nitrogens with two attached hydrogens (primary N) is 1. The molecule has 2 N–H and O–H groups in total. The fraction of sp³-hybridized carbons (Fsp3) is 0.227. The van der Waals surface area contributed by atoms with Crippen LogP contribution in [0, 0.1) is 6.92 Å². The van der Waals surface area contributed by atoms with Gasteiger partial charge in [-0.15, -0.1) is 0 Å². The minimum absolute atomic E-state index is 0.423. The molecular formula is C22H21N5O2. The molecule has 3 heterocycles. The Morgan fingerprint density at radius 3 is 2.62 bits per heavy atom. The van der Waals surface area contributed by atoms with E-state index in [2.05, 4.69) is 27.0 Å². The fourth-order valence-electron chi connectivity index (χ4n) is 3.95. The highest BCUT2D eigenvalue weighted by molar-refractivity contribution is 6.06. The van der Waals surface area contributed by atoms with Gasteiger partial charge in [-0.1, -0.05) is 24.3 Å². The predicted octanol–water partition coefficient (Wildman–Crippen LogP) is 2.82. The largest absolute Gasteiger partial charge is 0.378 e. The SMILES string of the molecule is Cc1nc2c(C(N)=O)cc(N3CCOCC3)cc2n1-c1cc2ccccc2cn1. The molecule has 4 aromatic rings. The lowest BCUT2D eigenvalue weighted by atomic mass is 10.1. The van der Waals surface area contributed by atoms with E-state index >= 15 is 0 Å². The van der Waals surface area contributed by atoms with Crippen LogP contribution in [0.4, 0.5) is 5.69 Å². The van der Waals surface area contributed by atoms with Crippen molar-refractivity contribution in [3.8, 4) is 5.82 Å². The van der Waals surface area contributed by atoms with Crippen LogP contribution in [0.2, 0.25) is 0 Å². The Kier molecular flexibility index (Phi) is 4.17. The van der Waals surface area contributed by atoms with Crippen LogP contribution in [-0.4, -0.2) is 46.7 Å². The monoisotopic (exact) mass is 387 g/mol. The number of carbonyl (C=O) groups is 1. The van der Waals surface area contributed by atoms with Gasteiger partial charge in [0.25, 0.3) is 5.91 Å². The van der Waals surface area contributed by atoms with Crippen LogP contribution in [0.3, 0.4) is 0 Å². The van der Waals surface area contributed by atoms with Crippen LogP contribution in [0.15, 0.2) is 48.7 Å². The van der Waals surface area contributed by atoms with Gasteiger partial charge in [-0.2, -0.15) is 0 Å². The third-order valence-corrected chi connectivity index (χ3v) is 5.40. The number of amides is 1. The molecule has 1 saturated heterocycles. The summed E-state index contributed by atoms with van der Waals surface area (Å²) in [5.41, 5.74) is 8.49. The van der Waals surface area contributed by atoms with E-state index < -0.39 is 5.91 Å². The molecule has 0 unspecified atom stereocenters. The van der Waals surface area contributed by atoms with Gasteiger partial charge in [-0.25, -0.2) is 9.97 Å². The number of rotatable bonds is 3. The van der Waals surface area contributed by atoms with E-state index in [9.17, 15) is 4.79 Å². The lowest BCUT2D eigenvalue weighted by Gasteiger charge is -2.29. The number of fused-ring (bicyclic) bond motifs is 2. The summed E-state index contributed by atoms with van der Waals surface area (Å²) in [6.07, 6.45) is 1.86. The standard InChI is InChI=1S/C22H21N5O2/c1-14-25-21-18(22(23)28)11-17(26-6-8-29-9-7-26)12-19(21)27(14)20-10-15-4-2-3-5-16(15)13-24-20/h2-5,10-13H,6-9H2,1H3,(H2,23,28). The van der Waals surface area contributed by atoms with Crippen LogP contribution < -0.4 is 10.6 Å². The van der Waals surface area contributed by atoms with E-state index in [0.29, 0.717) is 24.3 Å². The highest BCUT2D eigenvalue weighted by atomic mass is 16.5. The van der Waals surface area contributed by atoms with Crippen LogP contribution in [-0.2, 0) is 4.74 Å². The topological polar surface area (TPSA) is 86.3 Å². The number of nitrogens with zero attached hydrogens (tertiary/aromatic N) is 4. The Morgan fingerprint density at radius 1 is 1.10 bits per heavy atom. The van der Waals surface area contributed by atoms with Crippen LogP contribution in [0.1, 0.15) is 16.2 Å². The maximum absolute atomic E-state index is 12.2. The van der Waals surface area contributed by atoms with Gasteiger partial charge in [-0.05, 0) is 30.5 Å². The van der Waals surface area contributed by atoms with Gasteiger partial charge < -0.3 is 15.4 Å².